The molecule has 1 atom stereocenters. The lowest BCUT2D eigenvalue weighted by molar-refractivity contribution is -0.128. The summed E-state index contributed by atoms with van der Waals surface area (Å²) in [5.41, 5.74) is 1.05. The standard InChI is InChI=1S/C11H10BrNO3/c12-7-3-6(8-5-10(14)13-8)4-9-11(7)16-2-1-15-9/h3-4,8H,1-2,5H2,(H,13,14). The van der Waals surface area contributed by atoms with Crippen LogP contribution in [0.1, 0.15) is 18.0 Å². The van der Waals surface area contributed by atoms with Crippen molar-refractivity contribution in [3.05, 3.63) is 22.2 Å². The molecule has 2 heterocycles. The van der Waals surface area contributed by atoms with E-state index in [0.29, 0.717) is 19.6 Å². The zero-order chi connectivity index (χ0) is 11.1. The summed E-state index contributed by atoms with van der Waals surface area (Å²) in [6.45, 7) is 1.14. The third-order valence-electron chi connectivity index (χ3n) is 2.75. The van der Waals surface area contributed by atoms with Crippen molar-refractivity contribution >= 4 is 21.8 Å². The van der Waals surface area contributed by atoms with E-state index in [-0.39, 0.29) is 11.9 Å². The molecule has 1 amide bonds. The Bertz CT molecular complexity index is 453. The Morgan fingerprint density at radius 1 is 1.31 bits per heavy atom. The highest BCUT2D eigenvalue weighted by molar-refractivity contribution is 9.10. The zero-order valence-electron chi connectivity index (χ0n) is 8.46. The van der Waals surface area contributed by atoms with Crippen LogP contribution >= 0.6 is 15.9 Å². The maximum Gasteiger partial charge on any atom is 0.222 e. The minimum atomic E-state index is 0.0935. The molecule has 2 aliphatic heterocycles. The predicted octanol–water partition coefficient (Wildman–Crippen LogP) is 1.78. The van der Waals surface area contributed by atoms with Crippen LogP contribution in [-0.2, 0) is 4.79 Å². The minimum absolute atomic E-state index is 0.0935. The summed E-state index contributed by atoms with van der Waals surface area (Å²) < 4.78 is 11.9. The highest BCUT2D eigenvalue weighted by Gasteiger charge is 2.28. The number of amides is 1. The first kappa shape index (κ1) is 9.96. The highest BCUT2D eigenvalue weighted by atomic mass is 79.9. The molecule has 3 rings (SSSR count). The Kier molecular flexibility index (Phi) is 2.28. The van der Waals surface area contributed by atoms with Crippen molar-refractivity contribution in [1.82, 2.24) is 5.32 Å². The van der Waals surface area contributed by atoms with Crippen LogP contribution in [-0.4, -0.2) is 19.1 Å². The van der Waals surface area contributed by atoms with Crippen LogP contribution in [0.15, 0.2) is 16.6 Å². The summed E-state index contributed by atoms with van der Waals surface area (Å²) in [7, 11) is 0. The molecule has 16 heavy (non-hydrogen) atoms. The third kappa shape index (κ3) is 1.55. The molecule has 1 aromatic carbocycles. The van der Waals surface area contributed by atoms with E-state index >= 15 is 0 Å². The number of nitrogens with one attached hydrogen (secondary N) is 1. The van der Waals surface area contributed by atoms with Crippen LogP contribution in [0.3, 0.4) is 0 Å². The number of hydrogen-bond donors (Lipinski definition) is 1. The number of hydrogen-bond acceptors (Lipinski definition) is 3. The van der Waals surface area contributed by atoms with Gasteiger partial charge in [0, 0.05) is 0 Å². The van der Waals surface area contributed by atoms with Gasteiger partial charge in [-0.1, -0.05) is 0 Å². The lowest BCUT2D eigenvalue weighted by Gasteiger charge is -2.29. The molecule has 1 N–H and O–H groups in total. The van der Waals surface area contributed by atoms with Crippen molar-refractivity contribution in [3.63, 3.8) is 0 Å². The average molecular weight is 284 g/mol. The van der Waals surface area contributed by atoms with E-state index in [2.05, 4.69) is 21.2 Å². The second-order valence-electron chi connectivity index (χ2n) is 3.85. The fraction of sp³-hybridized carbons (Fsp3) is 0.364. The summed E-state index contributed by atoms with van der Waals surface area (Å²) in [5.74, 6) is 1.59. The van der Waals surface area contributed by atoms with Gasteiger partial charge in [-0.15, -0.1) is 0 Å². The van der Waals surface area contributed by atoms with Gasteiger partial charge in [-0.25, -0.2) is 0 Å². The molecular formula is C11H10BrNO3. The van der Waals surface area contributed by atoms with Gasteiger partial charge in [0.25, 0.3) is 0 Å². The average Bonchev–Trinajstić information content (AvgIpc) is 2.25. The largest absolute Gasteiger partial charge is 0.486 e. The van der Waals surface area contributed by atoms with Gasteiger partial charge >= 0.3 is 0 Å². The van der Waals surface area contributed by atoms with Crippen molar-refractivity contribution in [2.24, 2.45) is 0 Å². The lowest BCUT2D eigenvalue weighted by Crippen LogP contribution is -2.41. The number of fused-ring (bicyclic) bond motifs is 1. The van der Waals surface area contributed by atoms with Crippen LogP contribution in [0.2, 0.25) is 0 Å². The van der Waals surface area contributed by atoms with Crippen LogP contribution in [0, 0.1) is 0 Å². The van der Waals surface area contributed by atoms with Crippen molar-refractivity contribution in [1.29, 1.82) is 0 Å². The van der Waals surface area contributed by atoms with E-state index in [1.807, 2.05) is 12.1 Å². The smallest absolute Gasteiger partial charge is 0.222 e. The Hall–Kier alpha value is -1.23. The molecule has 1 saturated heterocycles. The Morgan fingerprint density at radius 3 is 2.81 bits per heavy atom. The molecule has 0 bridgehead atoms. The van der Waals surface area contributed by atoms with Crippen molar-refractivity contribution < 1.29 is 14.3 Å². The van der Waals surface area contributed by atoms with Gasteiger partial charge in [0.1, 0.15) is 13.2 Å². The Morgan fingerprint density at radius 2 is 2.06 bits per heavy atom. The summed E-state index contributed by atoms with van der Waals surface area (Å²) in [6, 6.07) is 4.01. The molecule has 4 nitrogen and oxygen atoms in total. The Balaban J connectivity index is 1.95. The van der Waals surface area contributed by atoms with Crippen molar-refractivity contribution in [2.45, 2.75) is 12.5 Å². The van der Waals surface area contributed by atoms with Gasteiger partial charge in [-0.05, 0) is 33.6 Å². The normalized spacial score (nSPS) is 22.3. The fourth-order valence-corrected chi connectivity index (χ4v) is 2.47. The molecule has 84 valence electrons. The number of rotatable bonds is 1. The van der Waals surface area contributed by atoms with Crippen LogP contribution in [0.4, 0.5) is 0 Å². The van der Waals surface area contributed by atoms with Crippen LogP contribution < -0.4 is 14.8 Å². The lowest BCUT2D eigenvalue weighted by atomic mass is 9.97. The Labute approximate surface area is 101 Å². The molecule has 1 aromatic rings. The molecule has 5 heteroatoms. The van der Waals surface area contributed by atoms with Gasteiger partial charge in [0.05, 0.1) is 16.9 Å². The van der Waals surface area contributed by atoms with Gasteiger partial charge in [-0.2, -0.15) is 0 Å². The van der Waals surface area contributed by atoms with Gasteiger partial charge < -0.3 is 14.8 Å². The SMILES string of the molecule is O=C1CC(c2cc(Br)c3c(c2)OCCO3)N1. The predicted molar refractivity (Wildman–Crippen MR) is 60.6 cm³/mol. The van der Waals surface area contributed by atoms with E-state index in [4.69, 9.17) is 9.47 Å². The fourth-order valence-electron chi connectivity index (χ4n) is 1.89. The van der Waals surface area contributed by atoms with Crippen LogP contribution in [0.5, 0.6) is 11.5 Å². The number of benzene rings is 1. The monoisotopic (exact) mass is 283 g/mol. The number of carbonyl (C=O) groups is 1. The van der Waals surface area contributed by atoms with E-state index in [9.17, 15) is 4.79 Å². The molecular weight excluding hydrogens is 274 g/mol. The zero-order valence-corrected chi connectivity index (χ0v) is 10.0. The molecule has 0 aliphatic carbocycles. The number of ether oxygens (including phenoxy) is 2. The second kappa shape index (κ2) is 3.66. The van der Waals surface area contributed by atoms with Crippen LogP contribution in [0.25, 0.3) is 0 Å². The number of carbonyl (C=O) groups excluding carboxylic acids is 1. The summed E-state index contributed by atoms with van der Waals surface area (Å²) >= 11 is 3.45. The number of β-lactam (4-membered cyclic amide) rings is 1. The maximum atomic E-state index is 10.9. The second-order valence-corrected chi connectivity index (χ2v) is 4.71. The van der Waals surface area contributed by atoms with Crippen molar-refractivity contribution in [2.75, 3.05) is 13.2 Å². The first-order chi connectivity index (χ1) is 7.74. The van der Waals surface area contributed by atoms with E-state index < -0.39 is 0 Å². The van der Waals surface area contributed by atoms with E-state index in [1.165, 1.54) is 0 Å². The third-order valence-corrected chi connectivity index (χ3v) is 3.34. The first-order valence-electron chi connectivity index (χ1n) is 5.12. The summed E-state index contributed by atoms with van der Waals surface area (Å²) in [4.78, 5) is 10.9. The molecule has 2 aliphatic rings. The quantitative estimate of drug-likeness (QED) is 0.800. The molecule has 0 saturated carbocycles. The van der Waals surface area contributed by atoms with Crippen molar-refractivity contribution in [3.8, 4) is 11.5 Å². The van der Waals surface area contributed by atoms with Gasteiger partial charge in [0.15, 0.2) is 11.5 Å². The molecule has 0 aromatic heterocycles. The molecule has 1 fully saturated rings. The first-order valence-corrected chi connectivity index (χ1v) is 5.92. The molecule has 1 unspecified atom stereocenters. The van der Waals surface area contributed by atoms with E-state index in [1.54, 1.807) is 0 Å². The topological polar surface area (TPSA) is 47.6 Å². The summed E-state index contributed by atoms with van der Waals surface area (Å²) in [6.07, 6.45) is 0.548. The number of halogens is 1. The maximum absolute atomic E-state index is 10.9. The molecule has 0 radical (unpaired) electrons. The minimum Gasteiger partial charge on any atom is -0.486 e. The highest BCUT2D eigenvalue weighted by Crippen LogP contribution is 2.41. The summed E-state index contributed by atoms with van der Waals surface area (Å²) in [5, 5.41) is 2.84. The van der Waals surface area contributed by atoms with Gasteiger partial charge in [-0.3, -0.25) is 4.79 Å². The van der Waals surface area contributed by atoms with Gasteiger partial charge in [0.2, 0.25) is 5.91 Å². The van der Waals surface area contributed by atoms with E-state index in [0.717, 1.165) is 21.5 Å². The molecule has 0 spiro atoms.